The number of H-pyrrole nitrogens is 1. The largest absolute Gasteiger partial charge is 0.322 e. The molecule has 33 heavy (non-hydrogen) atoms. The molecule has 0 bridgehead atoms. The molecule has 3 aromatic carbocycles. The van der Waals surface area contributed by atoms with E-state index >= 15 is 0 Å². The molecule has 1 heterocycles. The lowest BCUT2D eigenvalue weighted by atomic mass is 10.0. The van der Waals surface area contributed by atoms with Crippen LogP contribution in [0.1, 0.15) is 27.8 Å². The third-order valence-corrected chi connectivity index (χ3v) is 5.77. The Bertz CT molecular complexity index is 1360. The van der Waals surface area contributed by atoms with Crippen LogP contribution in [-0.4, -0.2) is 15.9 Å². The number of benzene rings is 3. The number of urea groups is 1. The van der Waals surface area contributed by atoms with E-state index in [2.05, 4.69) is 10.3 Å². The topological polar surface area (TPSA) is 65.2 Å². The summed E-state index contributed by atoms with van der Waals surface area (Å²) in [7, 11) is 0. The van der Waals surface area contributed by atoms with E-state index in [1.165, 1.54) is 24.3 Å². The number of aryl methyl sites for hydroxylation is 3. The number of amides is 2. The predicted molar refractivity (Wildman–Crippen MR) is 130 cm³/mol. The van der Waals surface area contributed by atoms with E-state index in [9.17, 15) is 14.0 Å². The molecule has 0 aliphatic rings. The van der Waals surface area contributed by atoms with Crippen LogP contribution in [0.3, 0.4) is 0 Å². The van der Waals surface area contributed by atoms with Crippen molar-refractivity contribution in [3.63, 3.8) is 0 Å². The second kappa shape index (κ2) is 9.28. The summed E-state index contributed by atoms with van der Waals surface area (Å²) in [5.74, 6) is -0.377. The highest BCUT2D eigenvalue weighted by Crippen LogP contribution is 2.19. The van der Waals surface area contributed by atoms with Crippen LogP contribution in [0.25, 0.3) is 10.9 Å². The molecule has 0 spiro atoms. The Morgan fingerprint density at radius 1 is 0.909 bits per heavy atom. The first-order valence-corrected chi connectivity index (χ1v) is 10.8. The van der Waals surface area contributed by atoms with E-state index in [0.29, 0.717) is 17.8 Å². The third-order valence-electron chi connectivity index (χ3n) is 5.77. The van der Waals surface area contributed by atoms with Gasteiger partial charge in [-0.25, -0.2) is 9.18 Å². The van der Waals surface area contributed by atoms with Gasteiger partial charge in [-0.2, -0.15) is 0 Å². The second-order valence-electron chi connectivity index (χ2n) is 8.43. The van der Waals surface area contributed by atoms with Gasteiger partial charge in [0, 0.05) is 23.3 Å². The molecule has 0 saturated heterocycles. The molecular weight excluding hydrogens is 417 g/mol. The quantitative estimate of drug-likeness (QED) is 0.408. The molecule has 0 aliphatic carbocycles. The molecule has 0 atom stereocenters. The summed E-state index contributed by atoms with van der Waals surface area (Å²) in [6.07, 6.45) is 0. The van der Waals surface area contributed by atoms with Gasteiger partial charge in [0.2, 0.25) is 0 Å². The number of anilines is 1. The number of pyridine rings is 1. The van der Waals surface area contributed by atoms with Crippen molar-refractivity contribution in [2.45, 2.75) is 33.9 Å². The molecule has 2 N–H and O–H groups in total. The number of carbonyl (C=O) groups excluding carboxylic acids is 1. The highest BCUT2D eigenvalue weighted by molar-refractivity contribution is 5.89. The van der Waals surface area contributed by atoms with E-state index in [0.717, 1.165) is 33.2 Å². The minimum atomic E-state index is -0.377. The van der Waals surface area contributed by atoms with Crippen LogP contribution < -0.4 is 10.9 Å². The predicted octanol–water partition coefficient (Wildman–Crippen LogP) is 5.83. The van der Waals surface area contributed by atoms with Gasteiger partial charge in [-0.1, -0.05) is 29.8 Å². The molecular formula is C27H26FN3O2. The summed E-state index contributed by atoms with van der Waals surface area (Å²) in [6, 6.07) is 18.9. The average molecular weight is 444 g/mol. The number of aromatic nitrogens is 1. The van der Waals surface area contributed by atoms with Gasteiger partial charge in [0.15, 0.2) is 0 Å². The zero-order valence-corrected chi connectivity index (χ0v) is 18.9. The minimum absolute atomic E-state index is 0.124. The van der Waals surface area contributed by atoms with Crippen molar-refractivity contribution in [2.24, 2.45) is 0 Å². The van der Waals surface area contributed by atoms with Crippen molar-refractivity contribution in [1.29, 1.82) is 0 Å². The number of fused-ring (bicyclic) bond motifs is 1. The molecule has 2 amide bonds. The Labute approximate surface area is 191 Å². The lowest BCUT2D eigenvalue weighted by Gasteiger charge is -2.23. The number of nitrogens with zero attached hydrogens (tertiary/aromatic N) is 1. The fraction of sp³-hybridized carbons (Fsp3) is 0.185. The number of rotatable bonds is 5. The van der Waals surface area contributed by atoms with Crippen LogP contribution in [0.15, 0.2) is 71.5 Å². The Kier molecular flexibility index (Phi) is 6.27. The maximum absolute atomic E-state index is 13.3. The van der Waals surface area contributed by atoms with Gasteiger partial charge in [-0.15, -0.1) is 0 Å². The van der Waals surface area contributed by atoms with Gasteiger partial charge in [-0.3, -0.25) is 4.79 Å². The number of hydrogen-bond acceptors (Lipinski definition) is 2. The highest BCUT2D eigenvalue weighted by atomic mass is 19.1. The molecule has 4 rings (SSSR count). The number of aromatic amines is 1. The van der Waals surface area contributed by atoms with Crippen molar-refractivity contribution in [3.8, 4) is 0 Å². The zero-order valence-electron chi connectivity index (χ0n) is 18.9. The fourth-order valence-corrected chi connectivity index (χ4v) is 3.69. The molecule has 0 aliphatic heterocycles. The third kappa shape index (κ3) is 5.29. The van der Waals surface area contributed by atoms with Gasteiger partial charge in [0.05, 0.1) is 6.54 Å². The van der Waals surface area contributed by atoms with E-state index in [1.807, 2.05) is 63.2 Å². The first-order chi connectivity index (χ1) is 15.8. The van der Waals surface area contributed by atoms with Gasteiger partial charge < -0.3 is 15.2 Å². The maximum atomic E-state index is 13.3. The monoisotopic (exact) mass is 443 g/mol. The summed E-state index contributed by atoms with van der Waals surface area (Å²) in [5, 5.41) is 3.72. The van der Waals surface area contributed by atoms with Crippen LogP contribution in [0.5, 0.6) is 0 Å². The van der Waals surface area contributed by atoms with E-state index in [-0.39, 0.29) is 24.0 Å². The highest BCUT2D eigenvalue weighted by Gasteiger charge is 2.17. The zero-order chi connectivity index (χ0) is 23.5. The van der Waals surface area contributed by atoms with Crippen molar-refractivity contribution >= 4 is 22.6 Å². The smallest absolute Gasteiger partial charge is 0.322 e. The molecule has 6 heteroatoms. The Morgan fingerprint density at radius 3 is 2.27 bits per heavy atom. The summed E-state index contributed by atoms with van der Waals surface area (Å²) in [4.78, 5) is 30.5. The normalized spacial score (nSPS) is 10.9. The minimum Gasteiger partial charge on any atom is -0.322 e. The average Bonchev–Trinajstić information content (AvgIpc) is 2.78. The van der Waals surface area contributed by atoms with Gasteiger partial charge >= 0.3 is 6.03 Å². The Balaban J connectivity index is 1.66. The van der Waals surface area contributed by atoms with Gasteiger partial charge in [0.1, 0.15) is 5.82 Å². The first kappa shape index (κ1) is 22.3. The van der Waals surface area contributed by atoms with Crippen LogP contribution in [-0.2, 0) is 13.1 Å². The van der Waals surface area contributed by atoms with Crippen LogP contribution in [0, 0.1) is 26.6 Å². The van der Waals surface area contributed by atoms with Crippen LogP contribution in [0.4, 0.5) is 14.9 Å². The van der Waals surface area contributed by atoms with Crippen LogP contribution >= 0.6 is 0 Å². The number of hydrogen-bond donors (Lipinski definition) is 2. The van der Waals surface area contributed by atoms with Crippen molar-refractivity contribution in [2.75, 3.05) is 5.32 Å². The lowest BCUT2D eigenvalue weighted by Crippen LogP contribution is -2.35. The summed E-state index contributed by atoms with van der Waals surface area (Å²) in [6.45, 7) is 6.47. The first-order valence-electron chi connectivity index (χ1n) is 10.8. The van der Waals surface area contributed by atoms with E-state index in [4.69, 9.17) is 0 Å². The Morgan fingerprint density at radius 2 is 1.58 bits per heavy atom. The molecule has 0 radical (unpaired) electrons. The number of carbonyl (C=O) groups is 1. The molecule has 1 aromatic heterocycles. The molecule has 168 valence electrons. The standard InChI is InChI=1S/C27H26FN3O2/c1-17-4-6-20(7-5-17)15-31(27(33)29-24-10-8-23(28)9-11-24)16-22-14-21-12-18(2)19(3)13-25(21)30-26(22)32/h4-14H,15-16H2,1-3H3,(H,29,33)(H,30,32). The summed E-state index contributed by atoms with van der Waals surface area (Å²) < 4.78 is 13.3. The van der Waals surface area contributed by atoms with Gasteiger partial charge in [0.25, 0.3) is 5.56 Å². The van der Waals surface area contributed by atoms with Crippen molar-refractivity contribution < 1.29 is 9.18 Å². The summed E-state index contributed by atoms with van der Waals surface area (Å²) >= 11 is 0. The van der Waals surface area contributed by atoms with E-state index in [1.54, 1.807) is 4.90 Å². The molecule has 0 unspecified atom stereocenters. The number of nitrogens with one attached hydrogen (secondary N) is 2. The number of halogens is 1. The van der Waals surface area contributed by atoms with Crippen LogP contribution in [0.2, 0.25) is 0 Å². The van der Waals surface area contributed by atoms with E-state index < -0.39 is 0 Å². The van der Waals surface area contributed by atoms with Crippen molar-refractivity contribution in [3.05, 3.63) is 111 Å². The molecule has 0 fully saturated rings. The molecule has 4 aromatic rings. The van der Waals surface area contributed by atoms with Gasteiger partial charge in [-0.05, 0) is 85.3 Å². The summed E-state index contributed by atoms with van der Waals surface area (Å²) in [5.41, 5.74) is 5.82. The SMILES string of the molecule is Cc1ccc(CN(Cc2cc3cc(C)c(C)cc3[nH]c2=O)C(=O)Nc2ccc(F)cc2)cc1. The second-order valence-corrected chi connectivity index (χ2v) is 8.43. The Hall–Kier alpha value is -3.93. The maximum Gasteiger partial charge on any atom is 0.322 e. The molecule has 0 saturated carbocycles. The lowest BCUT2D eigenvalue weighted by molar-refractivity contribution is 0.206. The molecule has 5 nitrogen and oxygen atoms in total. The van der Waals surface area contributed by atoms with Crippen molar-refractivity contribution in [1.82, 2.24) is 9.88 Å². The fourth-order valence-electron chi connectivity index (χ4n) is 3.69.